The van der Waals surface area contributed by atoms with Crippen LogP contribution in [0.15, 0.2) is 18.2 Å². The van der Waals surface area contributed by atoms with Crippen LogP contribution in [0.2, 0.25) is 10.0 Å². The number of rotatable bonds is 7. The Bertz CT molecular complexity index is 761. The van der Waals surface area contributed by atoms with Crippen molar-refractivity contribution in [2.75, 3.05) is 26.3 Å². The number of amides is 3. The molecule has 1 aliphatic heterocycles. The minimum absolute atomic E-state index is 0.186. The Hall–Kier alpha value is -2.01. The summed E-state index contributed by atoms with van der Waals surface area (Å²) in [5.74, 6) is -0.196. The maximum Gasteiger partial charge on any atom is 0.318 e. The molecule has 0 unspecified atom stereocenters. The molecule has 9 heteroatoms. The predicted molar refractivity (Wildman–Crippen MR) is 112 cm³/mol. The Morgan fingerprint density at radius 2 is 1.90 bits per heavy atom. The van der Waals surface area contributed by atoms with Crippen LogP contribution in [0.1, 0.15) is 25.8 Å². The Kier molecular flexibility index (Phi) is 9.02. The molecular formula is C20H26Cl2N4O3. The molecule has 1 heterocycles. The van der Waals surface area contributed by atoms with Crippen LogP contribution in [0.25, 0.3) is 0 Å². The van der Waals surface area contributed by atoms with E-state index < -0.39 is 12.1 Å². The molecule has 0 radical (unpaired) electrons. The zero-order chi connectivity index (χ0) is 21.4. The third-order valence-corrected chi connectivity index (χ3v) is 5.25. The number of carbonyl (C=O) groups excluding carboxylic acids is 2. The summed E-state index contributed by atoms with van der Waals surface area (Å²) in [5.41, 5.74) is 0.781. The first-order valence-corrected chi connectivity index (χ1v) is 10.3. The summed E-state index contributed by atoms with van der Waals surface area (Å²) >= 11 is 11.9. The van der Waals surface area contributed by atoms with Gasteiger partial charge in [0.1, 0.15) is 12.1 Å². The average molecular weight is 441 g/mol. The molecule has 1 aromatic rings. The van der Waals surface area contributed by atoms with E-state index in [4.69, 9.17) is 27.9 Å². The molecule has 2 N–H and O–H groups in total. The molecule has 1 aliphatic rings. The van der Waals surface area contributed by atoms with E-state index in [0.717, 1.165) is 5.56 Å². The fourth-order valence-electron chi connectivity index (χ4n) is 3.01. The molecule has 29 heavy (non-hydrogen) atoms. The Balaban J connectivity index is 2.01. The summed E-state index contributed by atoms with van der Waals surface area (Å²) < 4.78 is 5.25. The van der Waals surface area contributed by atoms with E-state index in [1.807, 2.05) is 13.8 Å². The Labute approximate surface area is 181 Å². The number of halogens is 2. The van der Waals surface area contributed by atoms with Crippen LogP contribution in [0.3, 0.4) is 0 Å². The number of carbonyl (C=O) groups is 2. The maximum absolute atomic E-state index is 12.8. The number of nitrogens with zero attached hydrogens (tertiary/aromatic N) is 2. The smallest absolute Gasteiger partial charge is 0.318 e. The molecule has 7 nitrogen and oxygen atoms in total. The average Bonchev–Trinajstić information content (AvgIpc) is 2.69. The number of hydrogen-bond donors (Lipinski definition) is 2. The summed E-state index contributed by atoms with van der Waals surface area (Å²) in [5, 5.41) is 15.8. The first-order chi connectivity index (χ1) is 13.8. The standard InChI is InChI=1S/C20H26Cl2N4O3/c1-13(2)9-18(25-20(28)26-5-7-29-8-6-26)19(27)24-15(12-23)10-14-3-4-16(21)17(22)11-14/h3-4,11,13,15,18H,5-10H2,1-2H3,(H,24,27)(H,25,28)/t15-,18-/m0/s1. The summed E-state index contributed by atoms with van der Waals surface area (Å²) in [6.45, 7) is 5.88. The lowest BCUT2D eigenvalue weighted by Crippen LogP contribution is -2.55. The monoisotopic (exact) mass is 440 g/mol. The molecule has 0 spiro atoms. The number of ether oxygens (including phenoxy) is 1. The Morgan fingerprint density at radius 1 is 1.21 bits per heavy atom. The minimum Gasteiger partial charge on any atom is -0.378 e. The largest absolute Gasteiger partial charge is 0.378 e. The molecule has 2 atom stereocenters. The van der Waals surface area contributed by atoms with Gasteiger partial charge in [-0.3, -0.25) is 4.79 Å². The highest BCUT2D eigenvalue weighted by atomic mass is 35.5. The summed E-state index contributed by atoms with van der Waals surface area (Å²) in [4.78, 5) is 26.9. The van der Waals surface area contributed by atoms with Gasteiger partial charge >= 0.3 is 6.03 Å². The third kappa shape index (κ3) is 7.39. The van der Waals surface area contributed by atoms with E-state index in [0.29, 0.717) is 42.8 Å². The summed E-state index contributed by atoms with van der Waals surface area (Å²) in [6.07, 6.45) is 0.748. The van der Waals surface area contributed by atoms with Crippen molar-refractivity contribution < 1.29 is 14.3 Å². The van der Waals surface area contributed by atoms with Crippen molar-refractivity contribution in [1.82, 2.24) is 15.5 Å². The zero-order valence-corrected chi connectivity index (χ0v) is 18.1. The van der Waals surface area contributed by atoms with Gasteiger partial charge in [0.05, 0.1) is 29.3 Å². The minimum atomic E-state index is -0.755. The first kappa shape index (κ1) is 23.3. The topological polar surface area (TPSA) is 94.5 Å². The van der Waals surface area contributed by atoms with Gasteiger partial charge < -0.3 is 20.3 Å². The molecular weight excluding hydrogens is 415 g/mol. The molecule has 0 saturated carbocycles. The van der Waals surface area contributed by atoms with Crippen molar-refractivity contribution in [2.45, 2.75) is 38.8 Å². The van der Waals surface area contributed by atoms with Gasteiger partial charge in [0.25, 0.3) is 0 Å². The van der Waals surface area contributed by atoms with Crippen LogP contribution < -0.4 is 10.6 Å². The van der Waals surface area contributed by atoms with Crippen LogP contribution >= 0.6 is 23.2 Å². The van der Waals surface area contributed by atoms with Crippen molar-refractivity contribution >= 4 is 35.1 Å². The summed E-state index contributed by atoms with van der Waals surface area (Å²) in [6, 6.07) is 5.40. The number of benzene rings is 1. The van der Waals surface area contributed by atoms with E-state index >= 15 is 0 Å². The van der Waals surface area contributed by atoms with E-state index in [2.05, 4.69) is 16.7 Å². The number of morpholine rings is 1. The second kappa shape index (κ2) is 11.2. The normalized spacial score (nSPS) is 16.1. The lowest BCUT2D eigenvalue weighted by Gasteiger charge is -2.29. The fourth-order valence-corrected chi connectivity index (χ4v) is 3.33. The number of nitrogens with one attached hydrogen (secondary N) is 2. The van der Waals surface area contributed by atoms with E-state index in [1.54, 1.807) is 23.1 Å². The molecule has 0 aromatic heterocycles. The van der Waals surface area contributed by atoms with Crippen molar-refractivity contribution in [3.63, 3.8) is 0 Å². The lowest BCUT2D eigenvalue weighted by molar-refractivity contribution is -0.123. The van der Waals surface area contributed by atoms with E-state index in [-0.39, 0.29) is 24.3 Å². The first-order valence-electron chi connectivity index (χ1n) is 9.57. The van der Waals surface area contributed by atoms with Crippen LogP contribution in [0, 0.1) is 17.2 Å². The zero-order valence-electron chi connectivity index (χ0n) is 16.6. The van der Waals surface area contributed by atoms with Gasteiger partial charge in [-0.15, -0.1) is 0 Å². The third-order valence-electron chi connectivity index (χ3n) is 4.52. The second-order valence-electron chi connectivity index (χ2n) is 7.37. The van der Waals surface area contributed by atoms with Crippen LogP contribution in [-0.2, 0) is 16.0 Å². The van der Waals surface area contributed by atoms with Gasteiger partial charge in [-0.25, -0.2) is 4.79 Å². The second-order valence-corrected chi connectivity index (χ2v) is 8.19. The molecule has 1 aromatic carbocycles. The molecule has 0 aliphatic carbocycles. The van der Waals surface area contributed by atoms with Gasteiger partial charge in [-0.2, -0.15) is 5.26 Å². The van der Waals surface area contributed by atoms with E-state index in [1.165, 1.54) is 0 Å². The molecule has 1 saturated heterocycles. The fraction of sp³-hybridized carbons (Fsp3) is 0.550. The molecule has 0 bridgehead atoms. The van der Waals surface area contributed by atoms with Crippen LogP contribution in [0.4, 0.5) is 4.79 Å². The highest BCUT2D eigenvalue weighted by Gasteiger charge is 2.27. The van der Waals surface area contributed by atoms with Crippen molar-refractivity contribution in [3.05, 3.63) is 33.8 Å². The van der Waals surface area contributed by atoms with Crippen molar-refractivity contribution in [2.24, 2.45) is 5.92 Å². The quantitative estimate of drug-likeness (QED) is 0.680. The Morgan fingerprint density at radius 3 is 2.48 bits per heavy atom. The number of nitriles is 1. The maximum atomic E-state index is 12.8. The highest BCUT2D eigenvalue weighted by Crippen LogP contribution is 2.23. The van der Waals surface area contributed by atoms with Gasteiger partial charge in [-0.05, 0) is 30.0 Å². The van der Waals surface area contributed by atoms with Gasteiger partial charge in [0, 0.05) is 19.5 Å². The highest BCUT2D eigenvalue weighted by molar-refractivity contribution is 6.42. The SMILES string of the molecule is CC(C)C[C@H](NC(=O)N1CCOCC1)C(=O)N[C@H](C#N)Cc1ccc(Cl)c(Cl)c1. The van der Waals surface area contributed by atoms with Gasteiger partial charge in [0.15, 0.2) is 0 Å². The summed E-state index contributed by atoms with van der Waals surface area (Å²) in [7, 11) is 0. The number of hydrogen-bond acceptors (Lipinski definition) is 4. The molecule has 3 amide bonds. The van der Waals surface area contributed by atoms with Crippen LogP contribution in [0.5, 0.6) is 0 Å². The lowest BCUT2D eigenvalue weighted by atomic mass is 10.0. The predicted octanol–water partition coefficient (Wildman–Crippen LogP) is 3.00. The molecule has 158 valence electrons. The van der Waals surface area contributed by atoms with Crippen molar-refractivity contribution in [1.29, 1.82) is 5.26 Å². The molecule has 1 fully saturated rings. The van der Waals surface area contributed by atoms with Crippen LogP contribution in [-0.4, -0.2) is 55.2 Å². The number of urea groups is 1. The van der Waals surface area contributed by atoms with E-state index in [9.17, 15) is 14.9 Å². The molecule has 2 rings (SSSR count). The van der Waals surface area contributed by atoms with Gasteiger partial charge in [-0.1, -0.05) is 43.1 Å². The van der Waals surface area contributed by atoms with Crippen molar-refractivity contribution in [3.8, 4) is 6.07 Å². The van der Waals surface area contributed by atoms with Gasteiger partial charge in [0.2, 0.25) is 5.91 Å².